The van der Waals surface area contributed by atoms with Gasteiger partial charge in [0.1, 0.15) is 18.1 Å². The SMILES string of the molecule is Cc1cc(-c2cn(C)nc2COc2ccc(-c3cccc4c3ncn4C)cc2)ccn1. The molecule has 3 aromatic heterocycles. The van der Waals surface area contributed by atoms with Gasteiger partial charge in [-0.05, 0) is 48.4 Å². The van der Waals surface area contributed by atoms with E-state index in [9.17, 15) is 0 Å². The maximum absolute atomic E-state index is 6.07. The first-order chi connectivity index (χ1) is 15.1. The van der Waals surface area contributed by atoms with E-state index < -0.39 is 0 Å². The zero-order valence-electron chi connectivity index (χ0n) is 17.8. The third-order valence-corrected chi connectivity index (χ3v) is 5.41. The zero-order chi connectivity index (χ0) is 21.4. The number of hydrogen-bond acceptors (Lipinski definition) is 4. The van der Waals surface area contributed by atoms with Crippen LogP contribution < -0.4 is 4.74 Å². The molecule has 0 aliphatic rings. The maximum atomic E-state index is 6.07. The molecule has 5 aromatic rings. The van der Waals surface area contributed by atoms with E-state index in [1.54, 1.807) is 0 Å². The van der Waals surface area contributed by atoms with E-state index in [2.05, 4.69) is 51.5 Å². The van der Waals surface area contributed by atoms with E-state index in [0.29, 0.717) is 6.61 Å². The third kappa shape index (κ3) is 3.68. The lowest BCUT2D eigenvalue weighted by atomic mass is 10.0. The quantitative estimate of drug-likeness (QED) is 0.413. The van der Waals surface area contributed by atoms with Crippen LogP contribution in [0.2, 0.25) is 0 Å². The first-order valence-electron chi connectivity index (χ1n) is 10.2. The van der Waals surface area contributed by atoms with Gasteiger partial charge in [0.05, 0.1) is 17.4 Å². The Morgan fingerprint density at radius 1 is 0.903 bits per heavy atom. The van der Waals surface area contributed by atoms with E-state index in [-0.39, 0.29) is 0 Å². The third-order valence-electron chi connectivity index (χ3n) is 5.41. The molecule has 0 amide bonds. The smallest absolute Gasteiger partial charge is 0.133 e. The van der Waals surface area contributed by atoms with Crippen molar-refractivity contribution in [3.63, 3.8) is 0 Å². The summed E-state index contributed by atoms with van der Waals surface area (Å²) in [6, 6.07) is 18.4. The van der Waals surface area contributed by atoms with Gasteiger partial charge in [0.25, 0.3) is 0 Å². The van der Waals surface area contributed by atoms with Crippen LogP contribution in [0, 0.1) is 6.92 Å². The van der Waals surface area contributed by atoms with Crippen LogP contribution in [0.4, 0.5) is 0 Å². The van der Waals surface area contributed by atoms with Crippen molar-refractivity contribution in [2.45, 2.75) is 13.5 Å². The number of imidazole rings is 1. The van der Waals surface area contributed by atoms with Gasteiger partial charge >= 0.3 is 0 Å². The Bertz CT molecular complexity index is 1360. The van der Waals surface area contributed by atoms with Crippen LogP contribution in [0.3, 0.4) is 0 Å². The van der Waals surface area contributed by atoms with Crippen LogP contribution in [-0.2, 0) is 20.7 Å². The van der Waals surface area contributed by atoms with Crippen molar-refractivity contribution in [1.82, 2.24) is 24.3 Å². The second kappa shape index (κ2) is 7.72. The molecule has 0 fully saturated rings. The van der Waals surface area contributed by atoms with Gasteiger partial charge in [-0.2, -0.15) is 5.10 Å². The molecular weight excluding hydrogens is 386 g/mol. The molecule has 0 atom stereocenters. The van der Waals surface area contributed by atoms with Gasteiger partial charge in [-0.3, -0.25) is 9.67 Å². The topological polar surface area (TPSA) is 57.8 Å². The molecule has 5 rings (SSSR count). The standard InChI is InChI=1S/C25H23N5O/c1-17-13-19(11-12-26-17)22-14-30(3)28-23(22)15-31-20-9-7-18(8-10-20)21-5-4-6-24-25(21)27-16-29(24)2/h4-14,16H,15H2,1-3H3. The lowest BCUT2D eigenvalue weighted by molar-refractivity contribution is 0.300. The van der Waals surface area contributed by atoms with Crippen molar-refractivity contribution in [1.29, 1.82) is 0 Å². The van der Waals surface area contributed by atoms with Gasteiger partial charge in [0, 0.05) is 43.3 Å². The average molecular weight is 409 g/mol. The van der Waals surface area contributed by atoms with Crippen LogP contribution in [0.15, 0.2) is 73.3 Å². The number of nitrogens with zero attached hydrogens (tertiary/aromatic N) is 5. The average Bonchev–Trinajstić information content (AvgIpc) is 3.35. The zero-order valence-corrected chi connectivity index (χ0v) is 17.8. The minimum Gasteiger partial charge on any atom is -0.487 e. The normalized spacial score (nSPS) is 11.2. The molecule has 0 bridgehead atoms. The monoisotopic (exact) mass is 409 g/mol. The van der Waals surface area contributed by atoms with Crippen LogP contribution in [0.1, 0.15) is 11.4 Å². The molecule has 6 nitrogen and oxygen atoms in total. The maximum Gasteiger partial charge on any atom is 0.133 e. The molecule has 31 heavy (non-hydrogen) atoms. The largest absolute Gasteiger partial charge is 0.487 e. The minimum atomic E-state index is 0.396. The number of rotatable bonds is 5. The van der Waals surface area contributed by atoms with Gasteiger partial charge in [-0.15, -0.1) is 0 Å². The Kier molecular flexibility index (Phi) is 4.75. The Labute approximate surface area is 180 Å². The Morgan fingerprint density at radius 2 is 1.74 bits per heavy atom. The summed E-state index contributed by atoms with van der Waals surface area (Å²) in [5.41, 5.74) is 8.38. The minimum absolute atomic E-state index is 0.396. The highest BCUT2D eigenvalue weighted by Gasteiger charge is 2.12. The second-order valence-electron chi connectivity index (χ2n) is 7.69. The number of benzene rings is 2. The predicted molar refractivity (Wildman–Crippen MR) is 122 cm³/mol. The molecule has 6 heteroatoms. The first kappa shape index (κ1) is 19.1. The number of ether oxygens (including phenoxy) is 1. The summed E-state index contributed by atoms with van der Waals surface area (Å²) < 4.78 is 9.92. The van der Waals surface area contributed by atoms with E-state index in [1.165, 1.54) is 0 Å². The molecule has 0 aliphatic heterocycles. The van der Waals surface area contributed by atoms with Gasteiger partial charge in [0.2, 0.25) is 0 Å². The molecule has 0 saturated carbocycles. The van der Waals surface area contributed by atoms with Crippen LogP contribution >= 0.6 is 0 Å². The van der Waals surface area contributed by atoms with Crippen molar-refractivity contribution in [2.24, 2.45) is 14.1 Å². The lowest BCUT2D eigenvalue weighted by Crippen LogP contribution is -1.99. The summed E-state index contributed by atoms with van der Waals surface area (Å²) in [6.07, 6.45) is 5.69. The molecule has 0 N–H and O–H groups in total. The molecule has 0 aliphatic carbocycles. The van der Waals surface area contributed by atoms with Crippen molar-refractivity contribution in [2.75, 3.05) is 0 Å². The van der Waals surface area contributed by atoms with Crippen LogP contribution in [0.25, 0.3) is 33.3 Å². The number of aryl methyl sites for hydroxylation is 3. The summed E-state index contributed by atoms with van der Waals surface area (Å²) in [5, 5.41) is 4.59. The number of para-hydroxylation sites is 1. The molecule has 0 radical (unpaired) electrons. The van der Waals surface area contributed by atoms with Gasteiger partial charge in [-0.1, -0.05) is 24.3 Å². The predicted octanol–water partition coefficient (Wildman–Crippen LogP) is 4.92. The molecule has 154 valence electrons. The molecule has 0 unspecified atom stereocenters. The fourth-order valence-corrected chi connectivity index (χ4v) is 3.87. The second-order valence-corrected chi connectivity index (χ2v) is 7.69. The summed E-state index contributed by atoms with van der Waals surface area (Å²) in [5.74, 6) is 0.805. The molecule has 0 saturated heterocycles. The summed E-state index contributed by atoms with van der Waals surface area (Å²) in [4.78, 5) is 8.84. The Balaban J connectivity index is 1.37. The highest BCUT2D eigenvalue weighted by atomic mass is 16.5. The van der Waals surface area contributed by atoms with E-state index in [1.807, 2.05) is 67.2 Å². The van der Waals surface area contributed by atoms with Crippen molar-refractivity contribution in [3.05, 3.63) is 84.7 Å². The highest BCUT2D eigenvalue weighted by molar-refractivity contribution is 5.92. The molecule has 3 heterocycles. The number of aromatic nitrogens is 5. The fraction of sp³-hybridized carbons (Fsp3) is 0.160. The van der Waals surface area contributed by atoms with Gasteiger partial charge in [0.15, 0.2) is 0 Å². The molecule has 2 aromatic carbocycles. The van der Waals surface area contributed by atoms with Crippen molar-refractivity contribution >= 4 is 11.0 Å². The summed E-state index contributed by atoms with van der Waals surface area (Å²) >= 11 is 0. The van der Waals surface area contributed by atoms with E-state index in [4.69, 9.17) is 4.74 Å². The van der Waals surface area contributed by atoms with Crippen LogP contribution in [0.5, 0.6) is 5.75 Å². The Morgan fingerprint density at radius 3 is 2.55 bits per heavy atom. The summed E-state index contributed by atoms with van der Waals surface area (Å²) in [6.45, 7) is 2.38. The Hall–Kier alpha value is -3.93. The number of pyridine rings is 1. The lowest BCUT2D eigenvalue weighted by Gasteiger charge is -2.08. The molecule has 0 spiro atoms. The van der Waals surface area contributed by atoms with E-state index >= 15 is 0 Å². The number of hydrogen-bond donors (Lipinski definition) is 0. The van der Waals surface area contributed by atoms with Crippen molar-refractivity contribution in [3.8, 4) is 28.0 Å². The van der Waals surface area contributed by atoms with Crippen molar-refractivity contribution < 1.29 is 4.74 Å². The fourth-order valence-electron chi connectivity index (χ4n) is 3.87. The summed E-state index contributed by atoms with van der Waals surface area (Å²) in [7, 11) is 3.93. The number of fused-ring (bicyclic) bond motifs is 1. The van der Waals surface area contributed by atoms with Gasteiger partial charge in [-0.25, -0.2) is 4.98 Å². The first-order valence-corrected chi connectivity index (χ1v) is 10.2. The highest BCUT2D eigenvalue weighted by Crippen LogP contribution is 2.29. The van der Waals surface area contributed by atoms with Crippen LogP contribution in [-0.4, -0.2) is 24.3 Å². The van der Waals surface area contributed by atoms with Gasteiger partial charge < -0.3 is 9.30 Å². The molecular formula is C25H23N5O. The van der Waals surface area contributed by atoms with E-state index in [0.717, 1.165) is 50.4 Å².